The van der Waals surface area contributed by atoms with E-state index in [1.165, 1.54) is 12.0 Å². The standard InChI is InChI=1S/C10H13NO.C3H8/c1-3-8-6-5-7-10(11-12)9(8)4-2;1-3-2/h5-7H,3-4H2,1-2H3;3H2,1-2H3. The Morgan fingerprint density at radius 3 is 2.07 bits per heavy atom. The van der Waals surface area contributed by atoms with Gasteiger partial charge in [-0.15, -0.1) is 4.91 Å². The first-order valence-electron chi connectivity index (χ1n) is 5.69. The third kappa shape index (κ3) is 4.24. The molecule has 1 aromatic carbocycles. The summed E-state index contributed by atoms with van der Waals surface area (Å²) in [5.74, 6) is 0. The van der Waals surface area contributed by atoms with E-state index < -0.39 is 0 Å². The number of nitroso groups, excluding NO2 is 1. The average Bonchev–Trinajstić information content (AvgIpc) is 2.28. The molecule has 2 heteroatoms. The van der Waals surface area contributed by atoms with E-state index in [2.05, 4.69) is 25.9 Å². The van der Waals surface area contributed by atoms with Gasteiger partial charge >= 0.3 is 0 Å². The van der Waals surface area contributed by atoms with Gasteiger partial charge in [0.25, 0.3) is 0 Å². The molecule has 0 spiro atoms. The Kier molecular flexibility index (Phi) is 7.51. The second kappa shape index (κ2) is 8.16. The summed E-state index contributed by atoms with van der Waals surface area (Å²) in [7, 11) is 0. The SMILES string of the molecule is CCC.CCc1cccc(N=O)c1CC. The van der Waals surface area contributed by atoms with E-state index in [4.69, 9.17) is 0 Å². The number of aryl methyl sites for hydroxylation is 1. The van der Waals surface area contributed by atoms with Crippen LogP contribution in [0.15, 0.2) is 23.4 Å². The van der Waals surface area contributed by atoms with Gasteiger partial charge in [-0.1, -0.05) is 46.2 Å². The molecule has 0 aliphatic rings. The number of hydrogen-bond donors (Lipinski definition) is 0. The van der Waals surface area contributed by atoms with Crippen LogP contribution in [0.5, 0.6) is 0 Å². The minimum atomic E-state index is 0.594. The molecule has 84 valence electrons. The summed E-state index contributed by atoms with van der Waals surface area (Å²) < 4.78 is 0. The van der Waals surface area contributed by atoms with Crippen LogP contribution in [0, 0.1) is 4.91 Å². The van der Waals surface area contributed by atoms with Gasteiger partial charge in [-0.3, -0.25) is 0 Å². The molecule has 1 aromatic rings. The number of benzene rings is 1. The van der Waals surface area contributed by atoms with Crippen molar-refractivity contribution in [3.8, 4) is 0 Å². The van der Waals surface area contributed by atoms with Crippen LogP contribution in [0.25, 0.3) is 0 Å². The molecule has 0 radical (unpaired) electrons. The van der Waals surface area contributed by atoms with Gasteiger partial charge in [-0.2, -0.15) is 0 Å². The van der Waals surface area contributed by atoms with Crippen LogP contribution in [0.2, 0.25) is 0 Å². The van der Waals surface area contributed by atoms with Crippen LogP contribution in [-0.2, 0) is 12.8 Å². The van der Waals surface area contributed by atoms with Crippen molar-refractivity contribution in [3.05, 3.63) is 34.2 Å². The highest BCUT2D eigenvalue weighted by molar-refractivity contribution is 5.50. The van der Waals surface area contributed by atoms with Crippen LogP contribution in [0.3, 0.4) is 0 Å². The van der Waals surface area contributed by atoms with E-state index in [0.717, 1.165) is 18.4 Å². The molecule has 0 fully saturated rings. The van der Waals surface area contributed by atoms with Crippen molar-refractivity contribution < 1.29 is 0 Å². The summed E-state index contributed by atoms with van der Waals surface area (Å²) in [6.07, 6.45) is 3.09. The lowest BCUT2D eigenvalue weighted by atomic mass is 10.0. The van der Waals surface area contributed by atoms with Crippen molar-refractivity contribution in [1.29, 1.82) is 0 Å². The fourth-order valence-corrected chi connectivity index (χ4v) is 1.45. The van der Waals surface area contributed by atoms with Gasteiger partial charge < -0.3 is 0 Å². The first kappa shape index (κ1) is 13.8. The average molecular weight is 207 g/mol. The molecule has 0 aromatic heterocycles. The maximum absolute atomic E-state index is 10.4. The van der Waals surface area contributed by atoms with E-state index in [-0.39, 0.29) is 0 Å². The quantitative estimate of drug-likeness (QED) is 0.665. The highest BCUT2D eigenvalue weighted by atomic mass is 16.3. The van der Waals surface area contributed by atoms with Crippen molar-refractivity contribution in [1.82, 2.24) is 0 Å². The smallest absolute Gasteiger partial charge is 0.111 e. The molecule has 0 unspecified atom stereocenters. The molecule has 0 bridgehead atoms. The summed E-state index contributed by atoms with van der Waals surface area (Å²) in [6, 6.07) is 5.70. The second-order valence-electron chi connectivity index (χ2n) is 3.42. The molecule has 0 aliphatic carbocycles. The Hall–Kier alpha value is -1.18. The zero-order valence-electron chi connectivity index (χ0n) is 10.2. The Labute approximate surface area is 92.7 Å². The summed E-state index contributed by atoms with van der Waals surface area (Å²) in [4.78, 5) is 10.4. The van der Waals surface area contributed by atoms with Gasteiger partial charge in [0.15, 0.2) is 0 Å². The fourth-order valence-electron chi connectivity index (χ4n) is 1.45. The number of nitrogens with zero attached hydrogens (tertiary/aromatic N) is 1. The Morgan fingerprint density at radius 2 is 1.67 bits per heavy atom. The Bertz CT molecular complexity index is 295. The summed E-state index contributed by atoms with van der Waals surface area (Å²) in [6.45, 7) is 8.38. The number of rotatable bonds is 3. The van der Waals surface area contributed by atoms with Crippen LogP contribution in [0.1, 0.15) is 45.2 Å². The van der Waals surface area contributed by atoms with E-state index in [1.807, 2.05) is 19.1 Å². The lowest BCUT2D eigenvalue weighted by molar-refractivity contribution is 1.03. The van der Waals surface area contributed by atoms with Crippen molar-refractivity contribution in [2.24, 2.45) is 5.18 Å². The minimum absolute atomic E-state index is 0.594. The van der Waals surface area contributed by atoms with Gasteiger partial charge in [0.05, 0.1) is 0 Å². The molecule has 0 saturated carbocycles. The third-order valence-corrected chi connectivity index (χ3v) is 2.08. The molecular formula is C13H21NO. The normalized spacial score (nSPS) is 9.07. The van der Waals surface area contributed by atoms with Crippen LogP contribution < -0.4 is 0 Å². The molecule has 0 N–H and O–H groups in total. The number of hydrogen-bond acceptors (Lipinski definition) is 2. The van der Waals surface area contributed by atoms with Gasteiger partial charge in [0.2, 0.25) is 0 Å². The predicted octanol–water partition coefficient (Wildman–Crippen LogP) is 4.63. The van der Waals surface area contributed by atoms with Crippen LogP contribution >= 0.6 is 0 Å². The van der Waals surface area contributed by atoms with Crippen molar-refractivity contribution >= 4 is 5.69 Å². The highest BCUT2D eigenvalue weighted by Gasteiger charge is 2.04. The van der Waals surface area contributed by atoms with E-state index in [1.54, 1.807) is 6.07 Å². The maximum atomic E-state index is 10.4. The molecule has 0 aliphatic heterocycles. The van der Waals surface area contributed by atoms with Crippen LogP contribution in [-0.4, -0.2) is 0 Å². The van der Waals surface area contributed by atoms with Gasteiger partial charge in [-0.25, -0.2) is 0 Å². The maximum Gasteiger partial charge on any atom is 0.111 e. The van der Waals surface area contributed by atoms with Gasteiger partial charge in [-0.05, 0) is 35.2 Å². The minimum Gasteiger partial charge on any atom is -0.145 e. The second-order valence-corrected chi connectivity index (χ2v) is 3.42. The Balaban J connectivity index is 0.000000583. The van der Waals surface area contributed by atoms with Crippen molar-refractivity contribution in [2.45, 2.75) is 47.0 Å². The molecular weight excluding hydrogens is 186 g/mol. The lowest BCUT2D eigenvalue weighted by Crippen LogP contribution is -1.90. The fraction of sp³-hybridized carbons (Fsp3) is 0.538. The zero-order valence-corrected chi connectivity index (χ0v) is 10.2. The molecule has 0 heterocycles. The first-order valence-corrected chi connectivity index (χ1v) is 5.69. The molecule has 1 rings (SSSR count). The summed E-state index contributed by atoms with van der Waals surface area (Å²) in [5.41, 5.74) is 2.92. The zero-order chi connectivity index (χ0) is 11.7. The first-order chi connectivity index (χ1) is 7.24. The topological polar surface area (TPSA) is 29.4 Å². The van der Waals surface area contributed by atoms with Gasteiger partial charge in [0.1, 0.15) is 5.69 Å². The summed E-state index contributed by atoms with van der Waals surface area (Å²) >= 11 is 0. The van der Waals surface area contributed by atoms with Crippen molar-refractivity contribution in [2.75, 3.05) is 0 Å². The van der Waals surface area contributed by atoms with Crippen molar-refractivity contribution in [3.63, 3.8) is 0 Å². The molecule has 15 heavy (non-hydrogen) atoms. The highest BCUT2D eigenvalue weighted by Crippen LogP contribution is 2.23. The summed E-state index contributed by atoms with van der Waals surface area (Å²) in [5, 5.41) is 3.00. The Morgan fingerprint density at radius 1 is 1.07 bits per heavy atom. The molecule has 0 atom stereocenters. The van der Waals surface area contributed by atoms with E-state index in [9.17, 15) is 4.91 Å². The van der Waals surface area contributed by atoms with E-state index in [0.29, 0.717) is 5.69 Å². The largest absolute Gasteiger partial charge is 0.145 e. The monoisotopic (exact) mass is 207 g/mol. The third-order valence-electron chi connectivity index (χ3n) is 2.08. The van der Waals surface area contributed by atoms with Gasteiger partial charge in [0, 0.05) is 0 Å². The molecule has 2 nitrogen and oxygen atoms in total. The molecule has 0 saturated heterocycles. The van der Waals surface area contributed by atoms with Crippen LogP contribution in [0.4, 0.5) is 5.69 Å². The molecule has 0 amide bonds. The van der Waals surface area contributed by atoms with E-state index >= 15 is 0 Å². The predicted molar refractivity (Wildman–Crippen MR) is 66.6 cm³/mol. The lowest BCUT2D eigenvalue weighted by Gasteiger charge is -2.05.